The lowest BCUT2D eigenvalue weighted by atomic mass is 9.95. The van der Waals surface area contributed by atoms with Crippen molar-refractivity contribution in [1.29, 1.82) is 0 Å². The van der Waals surface area contributed by atoms with Crippen LogP contribution in [0.15, 0.2) is 18.2 Å². The number of nitro groups is 1. The lowest BCUT2D eigenvalue weighted by Crippen LogP contribution is -2.45. The van der Waals surface area contributed by atoms with Gasteiger partial charge in [-0.15, -0.1) is 0 Å². The fourth-order valence-electron chi connectivity index (χ4n) is 2.75. The van der Waals surface area contributed by atoms with Gasteiger partial charge in [-0.1, -0.05) is 6.07 Å². The number of nitrogens with zero attached hydrogens (tertiary/aromatic N) is 2. The van der Waals surface area contributed by atoms with Gasteiger partial charge >= 0.3 is 0 Å². The average molecular weight is 279 g/mol. The summed E-state index contributed by atoms with van der Waals surface area (Å²) in [5.41, 5.74) is 0.848. The van der Waals surface area contributed by atoms with E-state index >= 15 is 0 Å². The Labute approximate surface area is 118 Å². The minimum atomic E-state index is -0.658. The molecule has 2 rings (SSSR count). The fourth-order valence-corrected chi connectivity index (χ4v) is 2.75. The highest BCUT2D eigenvalue weighted by molar-refractivity contribution is 5.62. The first-order valence-electron chi connectivity index (χ1n) is 6.81. The van der Waals surface area contributed by atoms with E-state index in [1.165, 1.54) is 0 Å². The SMILES string of the molecule is CNc1ccc(CN2CCCC(C)(O)C2)cc1[N+](=O)[O-]. The number of rotatable bonds is 4. The highest BCUT2D eigenvalue weighted by atomic mass is 16.6. The normalized spacial score (nSPS) is 23.6. The monoisotopic (exact) mass is 279 g/mol. The maximum absolute atomic E-state index is 11.0. The van der Waals surface area contributed by atoms with Gasteiger partial charge in [0, 0.05) is 26.2 Å². The van der Waals surface area contributed by atoms with Crippen LogP contribution in [0.25, 0.3) is 0 Å². The van der Waals surface area contributed by atoms with Crippen LogP contribution in [0.4, 0.5) is 11.4 Å². The van der Waals surface area contributed by atoms with Gasteiger partial charge in [0.1, 0.15) is 5.69 Å². The first-order chi connectivity index (χ1) is 9.41. The Morgan fingerprint density at radius 2 is 2.30 bits per heavy atom. The Bertz CT molecular complexity index is 502. The quantitative estimate of drug-likeness (QED) is 0.651. The number of nitro benzene ring substituents is 1. The van der Waals surface area contributed by atoms with Crippen LogP contribution in [0.3, 0.4) is 0 Å². The second-order valence-corrected chi connectivity index (χ2v) is 5.67. The molecule has 1 fully saturated rings. The zero-order valence-corrected chi connectivity index (χ0v) is 11.9. The molecular formula is C14H21N3O3. The van der Waals surface area contributed by atoms with E-state index in [1.54, 1.807) is 19.2 Å². The van der Waals surface area contributed by atoms with Crippen LogP contribution >= 0.6 is 0 Å². The van der Waals surface area contributed by atoms with Crippen molar-refractivity contribution in [3.8, 4) is 0 Å². The Morgan fingerprint density at radius 3 is 2.90 bits per heavy atom. The molecule has 1 atom stereocenters. The third-order valence-corrected chi connectivity index (χ3v) is 3.69. The van der Waals surface area contributed by atoms with Crippen LogP contribution < -0.4 is 5.32 Å². The van der Waals surface area contributed by atoms with E-state index in [2.05, 4.69) is 10.2 Å². The maximum Gasteiger partial charge on any atom is 0.292 e. The summed E-state index contributed by atoms with van der Waals surface area (Å²) in [5.74, 6) is 0. The summed E-state index contributed by atoms with van der Waals surface area (Å²) >= 11 is 0. The number of hydrogen-bond acceptors (Lipinski definition) is 5. The molecule has 6 nitrogen and oxygen atoms in total. The van der Waals surface area contributed by atoms with Gasteiger partial charge in [-0.25, -0.2) is 0 Å². The molecule has 6 heteroatoms. The van der Waals surface area contributed by atoms with Crippen molar-refractivity contribution in [3.63, 3.8) is 0 Å². The van der Waals surface area contributed by atoms with Crippen LogP contribution in [0.5, 0.6) is 0 Å². The fraction of sp³-hybridized carbons (Fsp3) is 0.571. The van der Waals surface area contributed by atoms with Crippen LogP contribution in [0, 0.1) is 10.1 Å². The zero-order chi connectivity index (χ0) is 14.8. The van der Waals surface area contributed by atoms with Gasteiger partial charge in [0.25, 0.3) is 5.69 Å². The van der Waals surface area contributed by atoms with Crippen LogP contribution in [-0.4, -0.2) is 40.7 Å². The van der Waals surface area contributed by atoms with Gasteiger partial charge < -0.3 is 10.4 Å². The van der Waals surface area contributed by atoms with E-state index in [0.29, 0.717) is 18.8 Å². The number of anilines is 1. The molecule has 0 bridgehead atoms. The van der Waals surface area contributed by atoms with E-state index in [-0.39, 0.29) is 10.6 Å². The number of likely N-dealkylation sites (tertiary alicyclic amines) is 1. The number of aliphatic hydroxyl groups is 1. The lowest BCUT2D eigenvalue weighted by Gasteiger charge is -2.36. The molecule has 1 saturated heterocycles. The zero-order valence-electron chi connectivity index (χ0n) is 11.9. The molecule has 1 aromatic carbocycles. The van der Waals surface area contributed by atoms with E-state index < -0.39 is 5.60 Å². The van der Waals surface area contributed by atoms with Crippen molar-refractivity contribution in [2.75, 3.05) is 25.5 Å². The summed E-state index contributed by atoms with van der Waals surface area (Å²) in [7, 11) is 1.67. The molecule has 1 aromatic rings. The third-order valence-electron chi connectivity index (χ3n) is 3.69. The second-order valence-electron chi connectivity index (χ2n) is 5.67. The van der Waals surface area contributed by atoms with Crippen LogP contribution in [0.1, 0.15) is 25.3 Å². The van der Waals surface area contributed by atoms with Crippen molar-refractivity contribution in [2.24, 2.45) is 0 Å². The molecule has 0 amide bonds. The third kappa shape index (κ3) is 3.46. The summed E-state index contributed by atoms with van der Waals surface area (Å²) in [4.78, 5) is 12.8. The van der Waals surface area contributed by atoms with Crippen molar-refractivity contribution >= 4 is 11.4 Å². The van der Waals surface area contributed by atoms with Crippen LogP contribution in [0.2, 0.25) is 0 Å². The summed E-state index contributed by atoms with van der Waals surface area (Å²) < 4.78 is 0. The molecule has 110 valence electrons. The number of piperidine rings is 1. The van der Waals surface area contributed by atoms with E-state index in [9.17, 15) is 15.2 Å². The first kappa shape index (κ1) is 14.7. The van der Waals surface area contributed by atoms with Gasteiger partial charge in [-0.2, -0.15) is 0 Å². The minimum absolute atomic E-state index is 0.0915. The van der Waals surface area contributed by atoms with Crippen molar-refractivity contribution in [2.45, 2.75) is 31.9 Å². The molecular weight excluding hydrogens is 258 g/mol. The first-order valence-corrected chi connectivity index (χ1v) is 6.81. The van der Waals surface area contributed by atoms with Gasteiger partial charge in [-0.05, 0) is 37.9 Å². The molecule has 0 aromatic heterocycles. The predicted octanol–water partition coefficient (Wildman–Crippen LogP) is 1.98. The Hall–Kier alpha value is -1.66. The second kappa shape index (κ2) is 5.76. The summed E-state index contributed by atoms with van der Waals surface area (Å²) in [6, 6.07) is 5.23. The minimum Gasteiger partial charge on any atom is -0.389 e. The molecule has 1 unspecified atom stereocenters. The summed E-state index contributed by atoms with van der Waals surface area (Å²) in [6.07, 6.45) is 1.76. The standard InChI is InChI=1S/C14H21N3O3/c1-14(18)6-3-7-16(10-14)9-11-4-5-12(15-2)13(8-11)17(19)20/h4-5,8,15,18H,3,6-7,9-10H2,1-2H3. The highest BCUT2D eigenvalue weighted by Crippen LogP contribution is 2.27. The molecule has 1 aliphatic rings. The number of hydrogen-bond donors (Lipinski definition) is 2. The molecule has 2 N–H and O–H groups in total. The van der Waals surface area contributed by atoms with Gasteiger partial charge in [0.15, 0.2) is 0 Å². The molecule has 1 aliphatic heterocycles. The topological polar surface area (TPSA) is 78.6 Å². The lowest BCUT2D eigenvalue weighted by molar-refractivity contribution is -0.384. The Morgan fingerprint density at radius 1 is 1.55 bits per heavy atom. The van der Waals surface area contributed by atoms with Gasteiger partial charge in [-0.3, -0.25) is 15.0 Å². The largest absolute Gasteiger partial charge is 0.389 e. The number of nitrogens with one attached hydrogen (secondary N) is 1. The predicted molar refractivity (Wildman–Crippen MR) is 77.8 cm³/mol. The van der Waals surface area contributed by atoms with Crippen molar-refractivity contribution < 1.29 is 10.0 Å². The molecule has 0 radical (unpaired) electrons. The number of β-amino-alcohol motifs (C(OH)–C–C–N with tert-alkyl or cyclic N) is 1. The number of benzene rings is 1. The maximum atomic E-state index is 11.0. The Kier molecular flexibility index (Phi) is 4.25. The summed E-state index contributed by atoms with van der Waals surface area (Å²) in [5, 5.41) is 24.0. The summed E-state index contributed by atoms with van der Waals surface area (Å²) in [6.45, 7) is 3.99. The van der Waals surface area contributed by atoms with Crippen molar-refractivity contribution in [3.05, 3.63) is 33.9 Å². The van der Waals surface area contributed by atoms with Crippen molar-refractivity contribution in [1.82, 2.24) is 4.90 Å². The van der Waals surface area contributed by atoms with E-state index in [1.807, 2.05) is 13.0 Å². The smallest absolute Gasteiger partial charge is 0.292 e. The van der Waals surface area contributed by atoms with Gasteiger partial charge in [0.2, 0.25) is 0 Å². The molecule has 0 aliphatic carbocycles. The molecule has 0 spiro atoms. The molecule has 20 heavy (non-hydrogen) atoms. The average Bonchev–Trinajstić information content (AvgIpc) is 2.37. The molecule has 1 heterocycles. The van der Waals surface area contributed by atoms with Gasteiger partial charge in [0.05, 0.1) is 10.5 Å². The highest BCUT2D eigenvalue weighted by Gasteiger charge is 2.28. The van der Waals surface area contributed by atoms with E-state index in [4.69, 9.17) is 0 Å². The Balaban J connectivity index is 2.13. The van der Waals surface area contributed by atoms with E-state index in [0.717, 1.165) is 24.9 Å². The molecule has 0 saturated carbocycles. The van der Waals surface area contributed by atoms with Crippen LogP contribution in [-0.2, 0) is 6.54 Å².